The zero-order valence-corrected chi connectivity index (χ0v) is 12.3. The van der Waals surface area contributed by atoms with Gasteiger partial charge in [0, 0.05) is 6.20 Å². The molecule has 5 heteroatoms. The summed E-state index contributed by atoms with van der Waals surface area (Å²) in [5.41, 5.74) is 1.81. The molecular formula is C16H20FN3O. The van der Waals surface area contributed by atoms with Crippen LogP contribution in [0.2, 0.25) is 0 Å². The zero-order chi connectivity index (χ0) is 15.1. The maximum absolute atomic E-state index is 13.8. The number of ether oxygens (including phenoxy) is 1. The Hall–Kier alpha value is -2.01. The highest BCUT2D eigenvalue weighted by Crippen LogP contribution is 2.22. The molecule has 0 fully saturated rings. The first-order valence-corrected chi connectivity index (χ1v) is 7.06. The molecule has 21 heavy (non-hydrogen) atoms. The first-order valence-electron chi connectivity index (χ1n) is 7.06. The fraction of sp³-hybridized carbons (Fsp3) is 0.375. The van der Waals surface area contributed by atoms with E-state index < -0.39 is 0 Å². The number of benzene rings is 1. The molecule has 0 amide bonds. The lowest BCUT2D eigenvalue weighted by Crippen LogP contribution is -2.25. The second kappa shape index (κ2) is 7.69. The van der Waals surface area contributed by atoms with Gasteiger partial charge in [-0.15, -0.1) is 0 Å². The number of aromatic nitrogens is 2. The molecule has 0 aliphatic carbocycles. The number of nitrogens with zero attached hydrogens (tertiary/aromatic N) is 2. The van der Waals surface area contributed by atoms with E-state index in [1.807, 2.05) is 12.1 Å². The van der Waals surface area contributed by atoms with Crippen molar-refractivity contribution in [3.63, 3.8) is 0 Å². The molecule has 0 radical (unpaired) electrons. The summed E-state index contributed by atoms with van der Waals surface area (Å²) >= 11 is 0. The molecule has 1 heterocycles. The lowest BCUT2D eigenvalue weighted by atomic mass is 10.0. The van der Waals surface area contributed by atoms with Gasteiger partial charge in [-0.3, -0.25) is 0 Å². The van der Waals surface area contributed by atoms with E-state index in [-0.39, 0.29) is 17.6 Å². The molecule has 4 nitrogen and oxygen atoms in total. The third-order valence-electron chi connectivity index (χ3n) is 3.26. The van der Waals surface area contributed by atoms with Gasteiger partial charge < -0.3 is 10.1 Å². The van der Waals surface area contributed by atoms with Crippen molar-refractivity contribution in [1.82, 2.24) is 15.3 Å². The molecule has 1 atom stereocenters. The maximum Gasteiger partial charge on any atom is 0.165 e. The first-order chi connectivity index (χ1) is 10.2. The van der Waals surface area contributed by atoms with Crippen LogP contribution in [-0.4, -0.2) is 23.6 Å². The van der Waals surface area contributed by atoms with Crippen LogP contribution in [0.1, 0.15) is 30.6 Å². The summed E-state index contributed by atoms with van der Waals surface area (Å²) in [6.07, 6.45) is 4.94. The normalized spacial score (nSPS) is 12.1. The van der Waals surface area contributed by atoms with Crippen LogP contribution >= 0.6 is 0 Å². The average molecular weight is 289 g/mol. The van der Waals surface area contributed by atoms with E-state index in [0.717, 1.165) is 24.2 Å². The van der Waals surface area contributed by atoms with Crippen molar-refractivity contribution in [1.29, 1.82) is 0 Å². The molecule has 1 aromatic carbocycles. The van der Waals surface area contributed by atoms with Crippen LogP contribution in [0, 0.1) is 5.82 Å². The molecule has 0 aliphatic rings. The molecule has 0 aliphatic heterocycles. The van der Waals surface area contributed by atoms with E-state index >= 15 is 0 Å². The van der Waals surface area contributed by atoms with E-state index in [4.69, 9.17) is 4.74 Å². The van der Waals surface area contributed by atoms with Crippen LogP contribution in [0.15, 0.2) is 36.8 Å². The molecule has 0 saturated heterocycles. The SMILES string of the molecule is CCCNC(Cc1ccc(OC)c(F)c1)c1ccncn1. The fourth-order valence-electron chi connectivity index (χ4n) is 2.18. The van der Waals surface area contributed by atoms with E-state index in [0.29, 0.717) is 6.42 Å². The first kappa shape index (κ1) is 15.4. The van der Waals surface area contributed by atoms with Gasteiger partial charge in [-0.05, 0) is 43.1 Å². The molecule has 112 valence electrons. The standard InChI is InChI=1S/C16H20FN3O/c1-3-7-19-15(14-6-8-18-11-20-14)10-12-4-5-16(21-2)13(17)9-12/h4-6,8-9,11,15,19H,3,7,10H2,1-2H3. The Morgan fingerprint density at radius 3 is 2.81 bits per heavy atom. The minimum Gasteiger partial charge on any atom is -0.494 e. The van der Waals surface area contributed by atoms with Gasteiger partial charge in [-0.1, -0.05) is 13.0 Å². The van der Waals surface area contributed by atoms with Crippen molar-refractivity contribution in [3.05, 3.63) is 53.9 Å². The van der Waals surface area contributed by atoms with Crippen LogP contribution in [-0.2, 0) is 6.42 Å². The van der Waals surface area contributed by atoms with Crippen LogP contribution < -0.4 is 10.1 Å². The van der Waals surface area contributed by atoms with Crippen molar-refractivity contribution in [2.75, 3.05) is 13.7 Å². The molecule has 1 unspecified atom stereocenters. The Morgan fingerprint density at radius 2 is 2.19 bits per heavy atom. The third kappa shape index (κ3) is 4.23. The summed E-state index contributed by atoms with van der Waals surface area (Å²) in [5.74, 6) is -0.0780. The summed E-state index contributed by atoms with van der Waals surface area (Å²) in [6, 6.07) is 6.97. The van der Waals surface area contributed by atoms with Crippen molar-refractivity contribution < 1.29 is 9.13 Å². The third-order valence-corrected chi connectivity index (χ3v) is 3.26. The smallest absolute Gasteiger partial charge is 0.165 e. The quantitative estimate of drug-likeness (QED) is 0.851. The Kier molecular flexibility index (Phi) is 5.63. The fourth-order valence-corrected chi connectivity index (χ4v) is 2.18. The van der Waals surface area contributed by atoms with Crippen LogP contribution in [0.5, 0.6) is 5.75 Å². The minimum absolute atomic E-state index is 0.0424. The monoisotopic (exact) mass is 289 g/mol. The van der Waals surface area contributed by atoms with Gasteiger partial charge in [-0.25, -0.2) is 14.4 Å². The number of hydrogen-bond donors (Lipinski definition) is 1. The van der Waals surface area contributed by atoms with E-state index in [1.165, 1.54) is 19.5 Å². The van der Waals surface area contributed by atoms with Crippen LogP contribution in [0.4, 0.5) is 4.39 Å². The van der Waals surface area contributed by atoms with Crippen LogP contribution in [0.25, 0.3) is 0 Å². The predicted molar refractivity (Wildman–Crippen MR) is 79.7 cm³/mol. The predicted octanol–water partition coefficient (Wildman–Crippen LogP) is 2.91. The molecule has 0 spiro atoms. The largest absolute Gasteiger partial charge is 0.494 e. The van der Waals surface area contributed by atoms with Gasteiger partial charge in [0.05, 0.1) is 18.8 Å². The molecule has 2 rings (SSSR count). The summed E-state index contributed by atoms with van der Waals surface area (Å²) in [5, 5.41) is 3.44. The number of halogens is 1. The highest BCUT2D eigenvalue weighted by atomic mass is 19.1. The Labute approximate surface area is 124 Å². The van der Waals surface area contributed by atoms with Gasteiger partial charge in [0.15, 0.2) is 11.6 Å². The van der Waals surface area contributed by atoms with Crippen LogP contribution in [0.3, 0.4) is 0 Å². The number of rotatable bonds is 7. The van der Waals surface area contributed by atoms with E-state index in [2.05, 4.69) is 22.2 Å². The van der Waals surface area contributed by atoms with Gasteiger partial charge in [0.1, 0.15) is 6.33 Å². The van der Waals surface area contributed by atoms with Crippen molar-refractivity contribution in [2.24, 2.45) is 0 Å². The second-order valence-electron chi connectivity index (χ2n) is 4.81. The van der Waals surface area contributed by atoms with Crippen molar-refractivity contribution in [2.45, 2.75) is 25.8 Å². The van der Waals surface area contributed by atoms with E-state index in [1.54, 1.807) is 12.3 Å². The van der Waals surface area contributed by atoms with Crippen molar-refractivity contribution in [3.8, 4) is 5.75 Å². The Morgan fingerprint density at radius 1 is 1.33 bits per heavy atom. The minimum atomic E-state index is -0.341. The summed E-state index contributed by atoms with van der Waals surface area (Å²) < 4.78 is 18.7. The van der Waals surface area contributed by atoms with Gasteiger partial charge in [-0.2, -0.15) is 0 Å². The summed E-state index contributed by atoms with van der Waals surface area (Å²) in [7, 11) is 1.46. The summed E-state index contributed by atoms with van der Waals surface area (Å²) in [4.78, 5) is 8.23. The summed E-state index contributed by atoms with van der Waals surface area (Å²) in [6.45, 7) is 2.99. The molecule has 0 bridgehead atoms. The second-order valence-corrected chi connectivity index (χ2v) is 4.81. The van der Waals surface area contributed by atoms with Gasteiger partial charge in [0.25, 0.3) is 0 Å². The topological polar surface area (TPSA) is 47.0 Å². The molecular weight excluding hydrogens is 269 g/mol. The molecule has 0 saturated carbocycles. The maximum atomic E-state index is 13.8. The highest BCUT2D eigenvalue weighted by Gasteiger charge is 2.14. The Balaban J connectivity index is 2.16. The van der Waals surface area contributed by atoms with Gasteiger partial charge >= 0.3 is 0 Å². The lowest BCUT2D eigenvalue weighted by Gasteiger charge is -2.18. The number of nitrogens with one attached hydrogen (secondary N) is 1. The molecule has 2 aromatic rings. The zero-order valence-electron chi connectivity index (χ0n) is 12.3. The van der Waals surface area contributed by atoms with Gasteiger partial charge in [0.2, 0.25) is 0 Å². The highest BCUT2D eigenvalue weighted by molar-refractivity contribution is 5.30. The average Bonchev–Trinajstić information content (AvgIpc) is 2.52. The molecule has 1 N–H and O–H groups in total. The lowest BCUT2D eigenvalue weighted by molar-refractivity contribution is 0.386. The Bertz CT molecular complexity index is 563. The molecule has 1 aromatic heterocycles. The number of methoxy groups -OCH3 is 1. The van der Waals surface area contributed by atoms with E-state index in [9.17, 15) is 4.39 Å². The number of hydrogen-bond acceptors (Lipinski definition) is 4. The van der Waals surface area contributed by atoms with Crippen molar-refractivity contribution >= 4 is 0 Å².